The number of nitrogens with one attached hydrogen (secondary N) is 1. The highest BCUT2D eigenvalue weighted by Gasteiger charge is 2.28. The molecule has 2 heterocycles. The third-order valence-electron chi connectivity index (χ3n) is 5.50. The van der Waals surface area contributed by atoms with Crippen molar-refractivity contribution in [2.75, 3.05) is 13.1 Å². The Morgan fingerprint density at radius 1 is 1.00 bits per heavy atom. The third kappa shape index (κ3) is 5.23. The zero-order valence-electron chi connectivity index (χ0n) is 17.2. The number of hydrogen-bond donors (Lipinski definition) is 1. The van der Waals surface area contributed by atoms with Gasteiger partial charge in [0.2, 0.25) is 0 Å². The maximum Gasteiger partial charge on any atom is 0.289 e. The molecule has 0 spiro atoms. The number of hydrogen-bond acceptors (Lipinski definition) is 2. The highest BCUT2D eigenvalue weighted by Crippen LogP contribution is 2.15. The first-order valence-electron chi connectivity index (χ1n) is 10.1. The molecule has 3 rings (SSSR count). The molecular weight excluding hydrogens is 336 g/mol. The molecule has 1 aromatic carbocycles. The van der Waals surface area contributed by atoms with E-state index in [1.807, 2.05) is 17.0 Å². The van der Waals surface area contributed by atoms with Crippen LogP contribution in [0.5, 0.6) is 0 Å². The van der Waals surface area contributed by atoms with Gasteiger partial charge in [-0.15, -0.1) is 0 Å². The van der Waals surface area contributed by atoms with Crippen LogP contribution in [0.4, 0.5) is 0 Å². The molecule has 1 fully saturated rings. The van der Waals surface area contributed by atoms with Gasteiger partial charge in [0.1, 0.15) is 13.1 Å². The first-order chi connectivity index (χ1) is 12.8. The number of benzene rings is 1. The van der Waals surface area contributed by atoms with Crippen LogP contribution in [0.2, 0.25) is 0 Å². The fourth-order valence-electron chi connectivity index (χ4n) is 3.60. The molecule has 0 aliphatic carbocycles. The zero-order chi connectivity index (χ0) is 19.4. The minimum Gasteiger partial charge on any atom is -0.450 e. The SMILES string of the molecule is Cc1ccc(C[NH+](Cc2ccc(C(=O)N3CCCCC3)o2)C(C)(C)C)cc1. The molecule has 27 heavy (non-hydrogen) atoms. The Hall–Kier alpha value is -2.07. The average Bonchev–Trinajstić information content (AvgIpc) is 3.11. The standard InChI is InChI=1S/C23H32N2O2/c1-18-8-10-19(11-9-18)16-25(23(2,3)4)17-20-12-13-21(27-20)22(26)24-14-6-5-7-15-24/h8-13H,5-7,14-17H2,1-4H3/p+1. The normalized spacial score (nSPS) is 16.4. The Morgan fingerprint density at radius 2 is 1.67 bits per heavy atom. The maximum absolute atomic E-state index is 12.6. The number of nitrogens with zero attached hydrogens (tertiary/aromatic N) is 1. The van der Waals surface area contributed by atoms with Crippen molar-refractivity contribution in [3.63, 3.8) is 0 Å². The van der Waals surface area contributed by atoms with Crippen LogP contribution >= 0.6 is 0 Å². The molecule has 1 aromatic heterocycles. The van der Waals surface area contributed by atoms with Crippen molar-refractivity contribution in [3.05, 3.63) is 59.0 Å². The van der Waals surface area contributed by atoms with Crippen LogP contribution in [0.3, 0.4) is 0 Å². The molecule has 4 heteroatoms. The van der Waals surface area contributed by atoms with Crippen molar-refractivity contribution in [2.45, 2.75) is 65.6 Å². The van der Waals surface area contributed by atoms with Crippen molar-refractivity contribution in [1.82, 2.24) is 4.90 Å². The lowest BCUT2D eigenvalue weighted by Crippen LogP contribution is -3.16. The summed E-state index contributed by atoms with van der Waals surface area (Å²) in [5.41, 5.74) is 2.68. The first kappa shape index (κ1) is 19.7. The van der Waals surface area contributed by atoms with E-state index in [-0.39, 0.29) is 11.4 Å². The minimum absolute atomic E-state index is 0.0387. The summed E-state index contributed by atoms with van der Waals surface area (Å²) in [6.45, 7) is 12.3. The Kier molecular flexibility index (Phi) is 6.05. The summed E-state index contributed by atoms with van der Waals surface area (Å²) in [5.74, 6) is 1.40. The average molecular weight is 370 g/mol. The summed E-state index contributed by atoms with van der Waals surface area (Å²) < 4.78 is 5.97. The summed E-state index contributed by atoms with van der Waals surface area (Å²) in [4.78, 5) is 16.0. The molecule has 4 nitrogen and oxygen atoms in total. The third-order valence-corrected chi connectivity index (χ3v) is 5.50. The number of piperidine rings is 1. The zero-order valence-corrected chi connectivity index (χ0v) is 17.2. The topological polar surface area (TPSA) is 37.9 Å². The van der Waals surface area contributed by atoms with Crippen LogP contribution in [0.15, 0.2) is 40.8 Å². The fraction of sp³-hybridized carbons (Fsp3) is 0.522. The molecule has 1 aliphatic rings. The fourth-order valence-corrected chi connectivity index (χ4v) is 3.60. The van der Waals surface area contributed by atoms with E-state index >= 15 is 0 Å². The molecule has 1 saturated heterocycles. The van der Waals surface area contributed by atoms with E-state index in [0.717, 1.165) is 44.8 Å². The van der Waals surface area contributed by atoms with Gasteiger partial charge in [0, 0.05) is 18.7 Å². The molecule has 1 amide bonds. The second-order valence-corrected chi connectivity index (χ2v) is 8.81. The largest absolute Gasteiger partial charge is 0.450 e. The molecule has 0 bridgehead atoms. The number of carbonyl (C=O) groups excluding carboxylic acids is 1. The van der Waals surface area contributed by atoms with Gasteiger partial charge in [-0.3, -0.25) is 4.79 Å². The Labute approximate surface area is 163 Å². The van der Waals surface area contributed by atoms with Gasteiger partial charge in [-0.25, -0.2) is 0 Å². The highest BCUT2D eigenvalue weighted by atomic mass is 16.4. The Morgan fingerprint density at radius 3 is 2.30 bits per heavy atom. The van der Waals surface area contributed by atoms with Crippen molar-refractivity contribution in [3.8, 4) is 0 Å². The number of carbonyl (C=O) groups is 1. The highest BCUT2D eigenvalue weighted by molar-refractivity contribution is 5.91. The molecule has 1 unspecified atom stereocenters. The molecule has 0 saturated carbocycles. The number of likely N-dealkylation sites (tertiary alicyclic amines) is 1. The number of furan rings is 1. The first-order valence-corrected chi connectivity index (χ1v) is 10.1. The van der Waals surface area contributed by atoms with Crippen molar-refractivity contribution in [2.24, 2.45) is 0 Å². The molecule has 1 atom stereocenters. The second-order valence-electron chi connectivity index (χ2n) is 8.81. The maximum atomic E-state index is 12.6. The molecule has 1 aliphatic heterocycles. The predicted octanol–water partition coefficient (Wildman–Crippen LogP) is 3.60. The van der Waals surface area contributed by atoms with Crippen LogP contribution in [-0.4, -0.2) is 29.4 Å². The quantitative estimate of drug-likeness (QED) is 0.874. The predicted molar refractivity (Wildman–Crippen MR) is 108 cm³/mol. The Bertz CT molecular complexity index is 749. The summed E-state index contributed by atoms with van der Waals surface area (Å²) in [6.07, 6.45) is 3.41. The summed E-state index contributed by atoms with van der Waals surface area (Å²) >= 11 is 0. The van der Waals surface area contributed by atoms with E-state index in [1.165, 1.54) is 22.4 Å². The smallest absolute Gasteiger partial charge is 0.289 e. The summed E-state index contributed by atoms with van der Waals surface area (Å²) in [7, 11) is 0. The number of aryl methyl sites for hydroxylation is 1. The van der Waals surface area contributed by atoms with Crippen molar-refractivity contribution in [1.29, 1.82) is 0 Å². The van der Waals surface area contributed by atoms with Gasteiger partial charge in [0.15, 0.2) is 11.5 Å². The van der Waals surface area contributed by atoms with Crippen molar-refractivity contribution >= 4 is 5.91 Å². The molecule has 146 valence electrons. The number of amides is 1. The van der Waals surface area contributed by atoms with Gasteiger partial charge in [-0.2, -0.15) is 0 Å². The van der Waals surface area contributed by atoms with Gasteiger partial charge >= 0.3 is 0 Å². The van der Waals surface area contributed by atoms with Gasteiger partial charge in [0.05, 0.1) is 5.54 Å². The van der Waals surface area contributed by atoms with Gasteiger partial charge in [-0.05, 0) is 59.1 Å². The lowest BCUT2D eigenvalue weighted by molar-refractivity contribution is -0.973. The number of rotatable bonds is 5. The molecular formula is C23H33N2O2+. The van der Waals surface area contributed by atoms with Gasteiger partial charge in [0.25, 0.3) is 5.91 Å². The number of quaternary nitrogens is 1. The molecule has 2 aromatic rings. The van der Waals surface area contributed by atoms with Crippen LogP contribution in [0.25, 0.3) is 0 Å². The lowest BCUT2D eigenvalue weighted by Gasteiger charge is -2.32. The van der Waals surface area contributed by atoms with Crippen LogP contribution < -0.4 is 4.90 Å². The lowest BCUT2D eigenvalue weighted by atomic mass is 10.0. The van der Waals surface area contributed by atoms with Gasteiger partial charge in [-0.1, -0.05) is 29.8 Å². The van der Waals surface area contributed by atoms with E-state index in [0.29, 0.717) is 5.76 Å². The van der Waals surface area contributed by atoms with E-state index in [1.54, 1.807) is 0 Å². The summed E-state index contributed by atoms with van der Waals surface area (Å²) in [6, 6.07) is 12.6. The Balaban J connectivity index is 1.69. The van der Waals surface area contributed by atoms with E-state index in [4.69, 9.17) is 4.42 Å². The van der Waals surface area contributed by atoms with Crippen LogP contribution in [0, 0.1) is 6.92 Å². The monoisotopic (exact) mass is 369 g/mol. The van der Waals surface area contributed by atoms with E-state index in [9.17, 15) is 4.79 Å². The van der Waals surface area contributed by atoms with Crippen molar-refractivity contribution < 1.29 is 14.1 Å². The second kappa shape index (κ2) is 8.30. The van der Waals surface area contributed by atoms with Crippen LogP contribution in [-0.2, 0) is 13.1 Å². The van der Waals surface area contributed by atoms with Gasteiger partial charge < -0.3 is 14.2 Å². The summed E-state index contributed by atoms with van der Waals surface area (Å²) in [5, 5.41) is 0. The minimum atomic E-state index is 0.0387. The molecule has 0 radical (unpaired) electrons. The van der Waals surface area contributed by atoms with E-state index in [2.05, 4.69) is 52.0 Å². The van der Waals surface area contributed by atoms with Crippen LogP contribution in [0.1, 0.15) is 67.5 Å². The molecule has 1 N–H and O–H groups in total. The van der Waals surface area contributed by atoms with E-state index < -0.39 is 0 Å².